The molecule has 0 saturated carbocycles. The number of phenols is 2. The summed E-state index contributed by atoms with van der Waals surface area (Å²) >= 11 is 0. The van der Waals surface area contributed by atoms with Gasteiger partial charge in [0.2, 0.25) is 0 Å². The molecule has 0 bridgehead atoms. The second-order valence-corrected chi connectivity index (χ2v) is 4.47. The van der Waals surface area contributed by atoms with Crippen molar-refractivity contribution in [1.82, 2.24) is 0 Å². The smallest absolute Gasteiger partial charge is 0.117 e. The molecule has 0 amide bonds. The van der Waals surface area contributed by atoms with Gasteiger partial charge < -0.3 is 15.5 Å². The molecule has 0 aliphatic heterocycles. The highest BCUT2D eigenvalue weighted by atomic mass is 16.3. The topological polar surface area (TPSA) is 52.5 Å². The highest BCUT2D eigenvalue weighted by Gasteiger charge is 2.04. The van der Waals surface area contributed by atoms with Gasteiger partial charge in [-0.1, -0.05) is 18.2 Å². The van der Waals surface area contributed by atoms with Crippen molar-refractivity contribution in [2.45, 2.75) is 19.4 Å². The van der Waals surface area contributed by atoms with Crippen LogP contribution in [0, 0.1) is 0 Å². The largest absolute Gasteiger partial charge is 0.508 e. The molecule has 2 rings (SSSR count). The van der Waals surface area contributed by atoms with Crippen LogP contribution >= 0.6 is 0 Å². The maximum Gasteiger partial charge on any atom is 0.117 e. The van der Waals surface area contributed by atoms with E-state index in [1.165, 1.54) is 0 Å². The fourth-order valence-electron chi connectivity index (χ4n) is 1.92. The zero-order valence-electron chi connectivity index (χ0n) is 10.3. The Morgan fingerprint density at radius 3 is 2.39 bits per heavy atom. The Hall–Kier alpha value is -2.16. The van der Waals surface area contributed by atoms with Crippen LogP contribution in [0.5, 0.6) is 11.5 Å². The number of rotatable bonds is 4. The van der Waals surface area contributed by atoms with Crippen molar-refractivity contribution in [3.05, 3.63) is 54.1 Å². The molecule has 94 valence electrons. The lowest BCUT2D eigenvalue weighted by molar-refractivity contribution is 0.474. The van der Waals surface area contributed by atoms with Gasteiger partial charge in [-0.15, -0.1) is 0 Å². The number of anilines is 1. The van der Waals surface area contributed by atoms with Crippen LogP contribution in [0.25, 0.3) is 0 Å². The first-order valence-corrected chi connectivity index (χ1v) is 5.97. The number of benzene rings is 2. The fourth-order valence-corrected chi connectivity index (χ4v) is 1.92. The molecule has 3 N–H and O–H groups in total. The normalized spacial score (nSPS) is 12.1. The Bertz CT molecular complexity index is 508. The van der Waals surface area contributed by atoms with Gasteiger partial charge in [-0.2, -0.15) is 0 Å². The third-order valence-electron chi connectivity index (χ3n) is 2.74. The summed E-state index contributed by atoms with van der Waals surface area (Å²) in [5, 5.41) is 21.9. The van der Waals surface area contributed by atoms with Crippen LogP contribution in [0.4, 0.5) is 5.69 Å². The first kappa shape index (κ1) is 12.3. The second-order valence-electron chi connectivity index (χ2n) is 4.47. The molecule has 2 aromatic carbocycles. The number of aromatic hydroxyl groups is 2. The minimum absolute atomic E-state index is 0.247. The van der Waals surface area contributed by atoms with Crippen molar-refractivity contribution < 1.29 is 10.2 Å². The van der Waals surface area contributed by atoms with Gasteiger partial charge in [0.05, 0.1) is 0 Å². The molecule has 2 aromatic rings. The van der Waals surface area contributed by atoms with E-state index in [0.717, 1.165) is 17.7 Å². The molecule has 3 nitrogen and oxygen atoms in total. The average Bonchev–Trinajstić information content (AvgIpc) is 2.32. The van der Waals surface area contributed by atoms with Gasteiger partial charge in [-0.25, -0.2) is 0 Å². The minimum atomic E-state index is 0.247. The summed E-state index contributed by atoms with van der Waals surface area (Å²) in [7, 11) is 0. The summed E-state index contributed by atoms with van der Waals surface area (Å²) in [6, 6.07) is 14.5. The summed E-state index contributed by atoms with van der Waals surface area (Å²) in [5.74, 6) is 0.546. The monoisotopic (exact) mass is 243 g/mol. The molecular weight excluding hydrogens is 226 g/mol. The number of hydrogen-bond acceptors (Lipinski definition) is 3. The molecule has 0 heterocycles. The third kappa shape index (κ3) is 3.42. The summed E-state index contributed by atoms with van der Waals surface area (Å²) < 4.78 is 0. The van der Waals surface area contributed by atoms with E-state index in [4.69, 9.17) is 0 Å². The van der Waals surface area contributed by atoms with Crippen LogP contribution in [0.2, 0.25) is 0 Å². The Labute approximate surface area is 107 Å². The lowest BCUT2D eigenvalue weighted by atomic mass is 10.1. The predicted molar refractivity (Wildman–Crippen MR) is 73.0 cm³/mol. The van der Waals surface area contributed by atoms with Crippen LogP contribution in [-0.2, 0) is 6.42 Å². The highest BCUT2D eigenvalue weighted by molar-refractivity contribution is 5.48. The van der Waals surface area contributed by atoms with E-state index in [0.29, 0.717) is 0 Å². The molecular formula is C15H17NO2. The molecule has 0 aromatic heterocycles. The van der Waals surface area contributed by atoms with E-state index in [1.807, 2.05) is 24.3 Å². The SMILES string of the molecule is CC(Cc1ccc(O)cc1)Nc1cccc(O)c1. The van der Waals surface area contributed by atoms with Crippen LogP contribution in [0.1, 0.15) is 12.5 Å². The summed E-state index contributed by atoms with van der Waals surface area (Å²) in [6.45, 7) is 2.08. The van der Waals surface area contributed by atoms with E-state index >= 15 is 0 Å². The molecule has 0 radical (unpaired) electrons. The highest BCUT2D eigenvalue weighted by Crippen LogP contribution is 2.18. The molecule has 1 atom stereocenters. The lowest BCUT2D eigenvalue weighted by Gasteiger charge is -2.15. The molecule has 0 aliphatic rings. The van der Waals surface area contributed by atoms with Crippen molar-refractivity contribution in [3.8, 4) is 11.5 Å². The first-order valence-electron chi connectivity index (χ1n) is 5.97. The maximum absolute atomic E-state index is 9.38. The number of phenolic OH excluding ortho intramolecular Hbond substituents is 2. The molecule has 0 saturated heterocycles. The fraction of sp³-hybridized carbons (Fsp3) is 0.200. The summed E-state index contributed by atoms with van der Waals surface area (Å²) in [4.78, 5) is 0. The number of hydrogen-bond donors (Lipinski definition) is 3. The van der Waals surface area contributed by atoms with Crippen molar-refractivity contribution in [2.75, 3.05) is 5.32 Å². The molecule has 1 unspecified atom stereocenters. The van der Waals surface area contributed by atoms with Gasteiger partial charge in [0.15, 0.2) is 0 Å². The third-order valence-corrected chi connectivity index (χ3v) is 2.74. The number of nitrogens with one attached hydrogen (secondary N) is 1. The van der Waals surface area contributed by atoms with Crippen LogP contribution < -0.4 is 5.32 Å². The Morgan fingerprint density at radius 1 is 1.00 bits per heavy atom. The predicted octanol–water partition coefficient (Wildman–Crippen LogP) is 3.14. The second kappa shape index (κ2) is 5.45. The maximum atomic E-state index is 9.38. The van der Waals surface area contributed by atoms with Crippen molar-refractivity contribution in [1.29, 1.82) is 0 Å². The van der Waals surface area contributed by atoms with Gasteiger partial charge >= 0.3 is 0 Å². The van der Waals surface area contributed by atoms with E-state index in [2.05, 4.69) is 12.2 Å². The minimum Gasteiger partial charge on any atom is -0.508 e. The van der Waals surface area contributed by atoms with Crippen molar-refractivity contribution in [3.63, 3.8) is 0 Å². The molecule has 0 fully saturated rings. The molecule has 3 heteroatoms. The summed E-state index contributed by atoms with van der Waals surface area (Å²) in [6.07, 6.45) is 0.857. The quantitative estimate of drug-likeness (QED) is 0.773. The molecule has 0 spiro atoms. The molecule has 0 aliphatic carbocycles. The van der Waals surface area contributed by atoms with E-state index in [1.54, 1.807) is 24.3 Å². The average molecular weight is 243 g/mol. The van der Waals surface area contributed by atoms with Crippen molar-refractivity contribution in [2.24, 2.45) is 0 Å². The van der Waals surface area contributed by atoms with Crippen LogP contribution in [0.15, 0.2) is 48.5 Å². The Morgan fingerprint density at radius 2 is 1.72 bits per heavy atom. The van der Waals surface area contributed by atoms with Gasteiger partial charge in [-0.3, -0.25) is 0 Å². The Balaban J connectivity index is 1.96. The first-order chi connectivity index (χ1) is 8.63. The molecule has 18 heavy (non-hydrogen) atoms. The van der Waals surface area contributed by atoms with Gasteiger partial charge in [0.25, 0.3) is 0 Å². The van der Waals surface area contributed by atoms with Gasteiger partial charge in [0, 0.05) is 17.8 Å². The van der Waals surface area contributed by atoms with Gasteiger partial charge in [-0.05, 0) is 43.2 Å². The lowest BCUT2D eigenvalue weighted by Crippen LogP contribution is -2.17. The van der Waals surface area contributed by atoms with Gasteiger partial charge in [0.1, 0.15) is 11.5 Å². The van der Waals surface area contributed by atoms with E-state index in [-0.39, 0.29) is 17.5 Å². The standard InChI is InChI=1S/C15H17NO2/c1-11(9-12-5-7-14(17)8-6-12)16-13-3-2-4-15(18)10-13/h2-8,10-11,16-18H,9H2,1H3. The summed E-state index contributed by atoms with van der Waals surface area (Å²) in [5.41, 5.74) is 2.06. The van der Waals surface area contributed by atoms with Crippen molar-refractivity contribution >= 4 is 5.69 Å². The zero-order chi connectivity index (χ0) is 13.0. The van der Waals surface area contributed by atoms with E-state index < -0.39 is 0 Å². The van der Waals surface area contributed by atoms with E-state index in [9.17, 15) is 10.2 Å². The van der Waals surface area contributed by atoms with Crippen LogP contribution in [0.3, 0.4) is 0 Å². The zero-order valence-corrected chi connectivity index (χ0v) is 10.3. The van der Waals surface area contributed by atoms with Crippen LogP contribution in [-0.4, -0.2) is 16.3 Å². The Kier molecular flexibility index (Phi) is 3.72.